The minimum atomic E-state index is -0.323. The van der Waals surface area contributed by atoms with E-state index in [-0.39, 0.29) is 12.1 Å². The van der Waals surface area contributed by atoms with Crippen molar-refractivity contribution in [3.05, 3.63) is 52.7 Å². The van der Waals surface area contributed by atoms with E-state index >= 15 is 0 Å². The molecule has 1 aromatic carbocycles. The number of thiophene rings is 1. The number of benzene rings is 1. The van der Waals surface area contributed by atoms with Crippen LogP contribution in [0.15, 0.2) is 36.7 Å². The van der Waals surface area contributed by atoms with E-state index in [4.69, 9.17) is 0 Å². The lowest BCUT2D eigenvalue weighted by molar-refractivity contribution is 0.131. The maximum absolute atomic E-state index is 10.5. The van der Waals surface area contributed by atoms with Gasteiger partial charge in [0, 0.05) is 30.4 Å². The van der Waals surface area contributed by atoms with Crippen LogP contribution in [0.3, 0.4) is 0 Å². The zero-order chi connectivity index (χ0) is 18.4. The summed E-state index contributed by atoms with van der Waals surface area (Å²) in [5, 5.41) is 15.4. The highest BCUT2D eigenvalue weighted by atomic mass is 32.1. The number of rotatable bonds is 3. The third-order valence-electron chi connectivity index (χ3n) is 5.85. The Balaban J connectivity index is 1.28. The van der Waals surface area contributed by atoms with Gasteiger partial charge in [0.15, 0.2) is 0 Å². The lowest BCUT2D eigenvalue weighted by Gasteiger charge is -2.35. The second kappa shape index (κ2) is 6.86. The molecule has 2 N–H and O–H groups in total. The van der Waals surface area contributed by atoms with Gasteiger partial charge in [-0.3, -0.25) is 0 Å². The first-order valence-electron chi connectivity index (χ1n) is 9.67. The summed E-state index contributed by atoms with van der Waals surface area (Å²) < 4.78 is 0. The van der Waals surface area contributed by atoms with E-state index in [0.717, 1.165) is 43.0 Å². The zero-order valence-corrected chi connectivity index (χ0v) is 16.2. The maximum Gasteiger partial charge on any atom is 0.140 e. The van der Waals surface area contributed by atoms with Crippen LogP contribution in [0.5, 0.6) is 0 Å². The van der Waals surface area contributed by atoms with Gasteiger partial charge in [-0.15, -0.1) is 11.3 Å². The molecule has 0 spiro atoms. The highest BCUT2D eigenvalue weighted by Crippen LogP contribution is 2.34. The first-order valence-corrected chi connectivity index (χ1v) is 10.5. The zero-order valence-electron chi connectivity index (χ0n) is 15.4. The molecular weight excluding hydrogens is 356 g/mol. The molecule has 0 bridgehead atoms. The number of fused-ring (bicyclic) bond motifs is 2. The monoisotopic (exact) mass is 380 g/mol. The smallest absolute Gasteiger partial charge is 0.140 e. The number of nitrogens with one attached hydrogen (secondary N) is 1. The summed E-state index contributed by atoms with van der Waals surface area (Å²) in [4.78, 5) is 13.7. The van der Waals surface area contributed by atoms with Crippen molar-refractivity contribution in [1.82, 2.24) is 15.3 Å². The molecule has 2 aromatic heterocycles. The van der Waals surface area contributed by atoms with Crippen molar-refractivity contribution in [3.8, 4) is 0 Å². The van der Waals surface area contributed by atoms with E-state index in [1.165, 1.54) is 21.4 Å². The number of piperidine rings is 1. The van der Waals surface area contributed by atoms with Crippen LogP contribution in [-0.2, 0) is 6.42 Å². The molecule has 0 saturated carbocycles. The maximum atomic E-state index is 10.5. The predicted molar refractivity (Wildman–Crippen MR) is 109 cm³/mol. The summed E-state index contributed by atoms with van der Waals surface area (Å²) in [6.07, 6.45) is 4.23. The van der Waals surface area contributed by atoms with Crippen molar-refractivity contribution in [2.24, 2.45) is 0 Å². The quantitative estimate of drug-likeness (QED) is 0.731. The number of aliphatic hydroxyl groups excluding tert-OH is 1. The molecule has 1 aliphatic heterocycles. The Morgan fingerprint density at radius 2 is 2.00 bits per heavy atom. The molecule has 1 aliphatic carbocycles. The average Bonchev–Trinajstić information content (AvgIpc) is 3.21. The van der Waals surface area contributed by atoms with Gasteiger partial charge in [-0.05, 0) is 37.0 Å². The summed E-state index contributed by atoms with van der Waals surface area (Å²) in [6.45, 7) is 4.07. The largest absolute Gasteiger partial charge is 0.391 e. The lowest BCUT2D eigenvalue weighted by atomic mass is 10.0. The summed E-state index contributed by atoms with van der Waals surface area (Å²) >= 11 is 1.73. The lowest BCUT2D eigenvalue weighted by Crippen LogP contribution is -2.45. The fourth-order valence-electron chi connectivity index (χ4n) is 4.50. The molecule has 5 nitrogen and oxygen atoms in total. The van der Waals surface area contributed by atoms with E-state index in [9.17, 15) is 5.11 Å². The van der Waals surface area contributed by atoms with E-state index in [1.54, 1.807) is 17.7 Å². The molecule has 1 saturated heterocycles. The van der Waals surface area contributed by atoms with Crippen molar-refractivity contribution < 1.29 is 5.11 Å². The summed E-state index contributed by atoms with van der Waals surface area (Å²) in [7, 11) is 0. The Morgan fingerprint density at radius 1 is 1.19 bits per heavy atom. The van der Waals surface area contributed by atoms with Gasteiger partial charge in [0.1, 0.15) is 17.0 Å². The molecule has 5 rings (SSSR count). The van der Waals surface area contributed by atoms with Crippen LogP contribution in [0, 0.1) is 6.92 Å². The van der Waals surface area contributed by atoms with Gasteiger partial charge < -0.3 is 15.3 Å². The van der Waals surface area contributed by atoms with Crippen LogP contribution >= 0.6 is 11.3 Å². The molecule has 6 heteroatoms. The SMILES string of the molecule is Cc1cc2c(N3CCC(NC4c5ccccc5CC4O)CC3)ncnc2s1. The van der Waals surface area contributed by atoms with E-state index < -0.39 is 0 Å². The number of nitrogens with zero attached hydrogens (tertiary/aromatic N) is 3. The Kier molecular flexibility index (Phi) is 4.34. The molecule has 140 valence electrons. The number of aromatic nitrogens is 2. The molecule has 27 heavy (non-hydrogen) atoms. The molecule has 2 aliphatic rings. The molecule has 2 atom stereocenters. The standard InChI is InChI=1S/C21H24N4OS/c1-13-10-17-20(22-12-23-21(17)27-13)25-8-6-15(7-9-25)24-19-16-5-3-2-4-14(16)11-18(19)26/h2-5,10,12,15,18-19,24,26H,6-9,11H2,1H3. The summed E-state index contributed by atoms with van der Waals surface area (Å²) in [5.74, 6) is 1.06. The van der Waals surface area contributed by atoms with Gasteiger partial charge in [0.05, 0.1) is 17.5 Å². The molecular formula is C21H24N4OS. The Morgan fingerprint density at radius 3 is 2.85 bits per heavy atom. The number of hydrogen-bond acceptors (Lipinski definition) is 6. The fourth-order valence-corrected chi connectivity index (χ4v) is 5.34. The van der Waals surface area contributed by atoms with Crippen molar-refractivity contribution in [2.45, 2.75) is 44.4 Å². The molecule has 1 fully saturated rings. The number of aryl methyl sites for hydroxylation is 1. The highest BCUT2D eigenvalue weighted by molar-refractivity contribution is 7.18. The van der Waals surface area contributed by atoms with Crippen LogP contribution in [0.4, 0.5) is 5.82 Å². The number of aliphatic hydroxyl groups is 1. The minimum Gasteiger partial charge on any atom is -0.391 e. The Labute approximate surface area is 163 Å². The van der Waals surface area contributed by atoms with Crippen molar-refractivity contribution >= 4 is 27.4 Å². The van der Waals surface area contributed by atoms with E-state index in [2.05, 4.69) is 57.4 Å². The first kappa shape index (κ1) is 17.1. The highest BCUT2D eigenvalue weighted by Gasteiger charge is 2.33. The molecule has 3 aromatic rings. The van der Waals surface area contributed by atoms with Gasteiger partial charge in [-0.25, -0.2) is 9.97 Å². The van der Waals surface area contributed by atoms with Gasteiger partial charge in [-0.1, -0.05) is 24.3 Å². The van der Waals surface area contributed by atoms with Crippen LogP contribution in [0.1, 0.15) is 34.9 Å². The Bertz CT molecular complexity index is 964. The number of anilines is 1. The van der Waals surface area contributed by atoms with Crippen molar-refractivity contribution in [3.63, 3.8) is 0 Å². The normalized spacial score (nSPS) is 23.1. The second-order valence-electron chi connectivity index (χ2n) is 7.65. The Hall–Kier alpha value is -2.02. The number of hydrogen-bond donors (Lipinski definition) is 2. The molecule has 0 radical (unpaired) electrons. The van der Waals surface area contributed by atoms with Gasteiger partial charge >= 0.3 is 0 Å². The summed E-state index contributed by atoms with van der Waals surface area (Å²) in [6, 6.07) is 11.1. The third kappa shape index (κ3) is 3.12. The predicted octanol–water partition coefficient (Wildman–Crippen LogP) is 3.22. The third-order valence-corrected chi connectivity index (χ3v) is 6.80. The summed E-state index contributed by atoms with van der Waals surface area (Å²) in [5.41, 5.74) is 2.54. The van der Waals surface area contributed by atoms with Gasteiger partial charge in [-0.2, -0.15) is 0 Å². The molecule has 0 amide bonds. The van der Waals surface area contributed by atoms with Gasteiger partial charge in [0.25, 0.3) is 0 Å². The second-order valence-corrected chi connectivity index (χ2v) is 8.88. The topological polar surface area (TPSA) is 61.3 Å². The van der Waals surface area contributed by atoms with Crippen LogP contribution in [0.2, 0.25) is 0 Å². The fraction of sp³-hybridized carbons (Fsp3) is 0.429. The van der Waals surface area contributed by atoms with Gasteiger partial charge in [0.2, 0.25) is 0 Å². The molecule has 3 heterocycles. The van der Waals surface area contributed by atoms with Crippen molar-refractivity contribution in [1.29, 1.82) is 0 Å². The average molecular weight is 381 g/mol. The van der Waals surface area contributed by atoms with Crippen LogP contribution in [-0.4, -0.2) is 40.3 Å². The van der Waals surface area contributed by atoms with E-state index in [1.807, 2.05) is 0 Å². The van der Waals surface area contributed by atoms with E-state index in [0.29, 0.717) is 6.04 Å². The van der Waals surface area contributed by atoms with Crippen LogP contribution < -0.4 is 10.2 Å². The van der Waals surface area contributed by atoms with Crippen LogP contribution in [0.25, 0.3) is 10.2 Å². The minimum absolute atomic E-state index is 0.0584. The molecule has 2 unspecified atom stereocenters. The first-order chi connectivity index (χ1) is 13.2. The van der Waals surface area contributed by atoms with Crippen molar-refractivity contribution in [2.75, 3.05) is 18.0 Å².